The largest absolute Gasteiger partial charge is 0.330 e. The van der Waals surface area contributed by atoms with Gasteiger partial charge in [-0.2, -0.15) is 12.6 Å². The maximum Gasteiger partial charge on any atom is 0.0406 e. The summed E-state index contributed by atoms with van der Waals surface area (Å²) < 4.78 is 0. The number of halogens is 1. The lowest BCUT2D eigenvalue weighted by Gasteiger charge is -2.08. The molecule has 66 valence electrons. The highest BCUT2D eigenvalue weighted by Gasteiger charge is 2.03. The van der Waals surface area contributed by atoms with Crippen LogP contribution in [0.4, 0.5) is 0 Å². The quantitative estimate of drug-likeness (QED) is 0.723. The van der Waals surface area contributed by atoms with Gasteiger partial charge in [-0.3, -0.25) is 0 Å². The third kappa shape index (κ3) is 2.70. The Balaban J connectivity index is 2.68. The van der Waals surface area contributed by atoms with Crippen LogP contribution < -0.4 is 5.73 Å². The van der Waals surface area contributed by atoms with Gasteiger partial charge in [-0.1, -0.05) is 23.7 Å². The second kappa shape index (κ2) is 4.75. The molecule has 1 aromatic rings. The smallest absolute Gasteiger partial charge is 0.0406 e. The summed E-state index contributed by atoms with van der Waals surface area (Å²) in [7, 11) is 0. The molecular formula is C9H12ClNS. The topological polar surface area (TPSA) is 26.0 Å². The summed E-state index contributed by atoms with van der Waals surface area (Å²) in [5.41, 5.74) is 6.60. The average Bonchev–Trinajstić information content (AvgIpc) is 2.06. The first-order valence-corrected chi connectivity index (χ1v) is 4.77. The van der Waals surface area contributed by atoms with Gasteiger partial charge in [-0.05, 0) is 30.7 Å². The monoisotopic (exact) mass is 201 g/mol. The van der Waals surface area contributed by atoms with Gasteiger partial charge < -0.3 is 5.73 Å². The molecule has 12 heavy (non-hydrogen) atoms. The normalized spacial score (nSPS) is 12.9. The fourth-order valence-corrected chi connectivity index (χ4v) is 1.46. The molecule has 0 fully saturated rings. The molecule has 0 aliphatic rings. The van der Waals surface area contributed by atoms with E-state index in [2.05, 4.69) is 12.6 Å². The summed E-state index contributed by atoms with van der Waals surface area (Å²) in [6, 6.07) is 7.71. The van der Waals surface area contributed by atoms with Crippen LogP contribution in [0.1, 0.15) is 17.2 Å². The van der Waals surface area contributed by atoms with Crippen LogP contribution in [0, 0.1) is 0 Å². The molecule has 0 bridgehead atoms. The van der Waals surface area contributed by atoms with Crippen molar-refractivity contribution in [2.45, 2.75) is 11.7 Å². The van der Waals surface area contributed by atoms with Crippen LogP contribution in [0.2, 0.25) is 5.02 Å². The van der Waals surface area contributed by atoms with Gasteiger partial charge in [0.15, 0.2) is 0 Å². The van der Waals surface area contributed by atoms with Gasteiger partial charge in [-0.25, -0.2) is 0 Å². The maximum absolute atomic E-state index is 5.74. The van der Waals surface area contributed by atoms with E-state index in [0.29, 0.717) is 6.54 Å². The van der Waals surface area contributed by atoms with Crippen LogP contribution in [0.3, 0.4) is 0 Å². The molecule has 0 aromatic heterocycles. The second-order valence-electron chi connectivity index (χ2n) is 2.64. The van der Waals surface area contributed by atoms with Crippen LogP contribution in [-0.2, 0) is 0 Å². The number of hydrogen-bond acceptors (Lipinski definition) is 2. The van der Waals surface area contributed by atoms with Crippen LogP contribution in [0.15, 0.2) is 24.3 Å². The number of hydrogen-bond donors (Lipinski definition) is 2. The molecule has 1 rings (SSSR count). The first-order chi connectivity index (χ1) is 5.74. The van der Waals surface area contributed by atoms with E-state index in [1.54, 1.807) is 0 Å². The first-order valence-electron chi connectivity index (χ1n) is 3.87. The Kier molecular flexibility index (Phi) is 3.92. The molecule has 0 aliphatic heterocycles. The SMILES string of the molecule is NCCC(S)c1ccc(Cl)cc1. The van der Waals surface area contributed by atoms with Crippen molar-refractivity contribution >= 4 is 24.2 Å². The fourth-order valence-electron chi connectivity index (χ4n) is 1.01. The van der Waals surface area contributed by atoms with Crippen LogP contribution in [-0.4, -0.2) is 6.54 Å². The van der Waals surface area contributed by atoms with E-state index in [1.165, 1.54) is 5.56 Å². The molecule has 0 saturated carbocycles. The predicted molar refractivity (Wildman–Crippen MR) is 56.9 cm³/mol. The minimum absolute atomic E-state index is 0.229. The van der Waals surface area contributed by atoms with Gasteiger partial charge in [0.25, 0.3) is 0 Å². The van der Waals surface area contributed by atoms with Gasteiger partial charge in [0.05, 0.1) is 0 Å². The minimum atomic E-state index is 0.229. The number of rotatable bonds is 3. The van der Waals surface area contributed by atoms with Crippen molar-refractivity contribution in [2.75, 3.05) is 6.54 Å². The highest BCUT2D eigenvalue weighted by Crippen LogP contribution is 2.23. The van der Waals surface area contributed by atoms with Gasteiger partial charge in [0.2, 0.25) is 0 Å². The van der Waals surface area contributed by atoms with E-state index in [9.17, 15) is 0 Å². The van der Waals surface area contributed by atoms with Gasteiger partial charge in [0.1, 0.15) is 0 Å². The third-order valence-corrected chi connectivity index (χ3v) is 2.50. The maximum atomic E-state index is 5.74. The molecule has 1 atom stereocenters. The zero-order valence-corrected chi connectivity index (χ0v) is 8.35. The van der Waals surface area contributed by atoms with Crippen molar-refractivity contribution < 1.29 is 0 Å². The molecule has 1 aromatic carbocycles. The molecule has 0 saturated heterocycles. The molecule has 0 heterocycles. The molecule has 0 radical (unpaired) electrons. The van der Waals surface area contributed by atoms with Crippen molar-refractivity contribution in [3.63, 3.8) is 0 Å². The summed E-state index contributed by atoms with van der Waals surface area (Å²) in [5, 5.41) is 0.985. The Morgan fingerprint density at radius 1 is 1.33 bits per heavy atom. The number of benzene rings is 1. The van der Waals surface area contributed by atoms with E-state index < -0.39 is 0 Å². The molecule has 0 aliphatic carbocycles. The van der Waals surface area contributed by atoms with Crippen molar-refractivity contribution in [3.8, 4) is 0 Å². The van der Waals surface area contributed by atoms with Crippen molar-refractivity contribution in [1.82, 2.24) is 0 Å². The van der Waals surface area contributed by atoms with Crippen LogP contribution in [0.5, 0.6) is 0 Å². The molecule has 1 unspecified atom stereocenters. The van der Waals surface area contributed by atoms with E-state index in [0.717, 1.165) is 11.4 Å². The Hall–Kier alpha value is -0.180. The van der Waals surface area contributed by atoms with Gasteiger partial charge >= 0.3 is 0 Å². The Labute approximate surface area is 83.3 Å². The first kappa shape index (κ1) is 9.90. The highest BCUT2D eigenvalue weighted by atomic mass is 35.5. The molecule has 0 amide bonds. The number of thiol groups is 1. The lowest BCUT2D eigenvalue weighted by molar-refractivity contribution is 0.819. The summed E-state index contributed by atoms with van der Waals surface area (Å²) in [4.78, 5) is 0. The average molecular weight is 202 g/mol. The summed E-state index contributed by atoms with van der Waals surface area (Å²) in [6.07, 6.45) is 0.894. The van der Waals surface area contributed by atoms with E-state index in [4.69, 9.17) is 17.3 Å². The third-order valence-electron chi connectivity index (χ3n) is 1.69. The molecule has 3 heteroatoms. The Bertz CT molecular complexity index is 235. The second-order valence-corrected chi connectivity index (χ2v) is 3.70. The summed E-state index contributed by atoms with van der Waals surface area (Å²) in [6.45, 7) is 0.663. The van der Waals surface area contributed by atoms with Crippen molar-refractivity contribution in [2.24, 2.45) is 5.73 Å². The molecule has 2 N–H and O–H groups in total. The fraction of sp³-hybridized carbons (Fsp3) is 0.333. The molecule has 0 spiro atoms. The Morgan fingerprint density at radius 3 is 2.42 bits per heavy atom. The summed E-state index contributed by atoms with van der Waals surface area (Å²) in [5.74, 6) is 0. The van der Waals surface area contributed by atoms with E-state index in [1.807, 2.05) is 24.3 Å². The number of nitrogens with two attached hydrogens (primary N) is 1. The lowest BCUT2D eigenvalue weighted by atomic mass is 10.1. The van der Waals surface area contributed by atoms with Gasteiger partial charge in [-0.15, -0.1) is 0 Å². The van der Waals surface area contributed by atoms with Crippen LogP contribution in [0.25, 0.3) is 0 Å². The van der Waals surface area contributed by atoms with Crippen molar-refractivity contribution in [3.05, 3.63) is 34.9 Å². The molecular weight excluding hydrogens is 190 g/mol. The zero-order valence-electron chi connectivity index (χ0n) is 6.70. The highest BCUT2D eigenvalue weighted by molar-refractivity contribution is 7.80. The zero-order chi connectivity index (χ0) is 8.97. The summed E-state index contributed by atoms with van der Waals surface area (Å²) >= 11 is 10.2. The standard InChI is InChI=1S/C9H12ClNS/c10-8-3-1-7(2-4-8)9(12)5-6-11/h1-4,9,12H,5-6,11H2. The molecule has 1 nitrogen and oxygen atoms in total. The van der Waals surface area contributed by atoms with E-state index in [-0.39, 0.29) is 5.25 Å². The van der Waals surface area contributed by atoms with E-state index >= 15 is 0 Å². The Morgan fingerprint density at radius 2 is 1.92 bits per heavy atom. The lowest BCUT2D eigenvalue weighted by Crippen LogP contribution is -2.02. The van der Waals surface area contributed by atoms with Crippen LogP contribution >= 0.6 is 24.2 Å². The van der Waals surface area contributed by atoms with Crippen molar-refractivity contribution in [1.29, 1.82) is 0 Å². The minimum Gasteiger partial charge on any atom is -0.330 e. The van der Waals surface area contributed by atoms with Gasteiger partial charge in [0, 0.05) is 10.3 Å². The predicted octanol–water partition coefficient (Wildman–Crippen LogP) is 2.66.